The number of nitrogens with one attached hydrogen (secondary N) is 1. The van der Waals surface area contributed by atoms with Crippen LogP contribution in [0.25, 0.3) is 0 Å². The van der Waals surface area contributed by atoms with Gasteiger partial charge in [-0.15, -0.1) is 0 Å². The van der Waals surface area contributed by atoms with Gasteiger partial charge in [0.1, 0.15) is 0 Å². The van der Waals surface area contributed by atoms with E-state index in [2.05, 4.69) is 31.0 Å². The van der Waals surface area contributed by atoms with Crippen molar-refractivity contribution in [1.82, 2.24) is 10.2 Å². The van der Waals surface area contributed by atoms with Gasteiger partial charge >= 0.3 is 0 Å². The first-order valence-corrected chi connectivity index (χ1v) is 6.81. The highest BCUT2D eigenvalue weighted by Gasteiger charge is 2.21. The van der Waals surface area contributed by atoms with Crippen LogP contribution in [0.5, 0.6) is 0 Å². The molecular formula is C13H28N2O. The second-order valence-corrected chi connectivity index (χ2v) is 4.80. The predicted octanol–water partition coefficient (Wildman–Crippen LogP) is 1.73. The molecule has 96 valence electrons. The lowest BCUT2D eigenvalue weighted by Gasteiger charge is -2.27. The van der Waals surface area contributed by atoms with Crippen molar-refractivity contribution in [2.24, 2.45) is 5.92 Å². The van der Waals surface area contributed by atoms with Crippen LogP contribution in [0.3, 0.4) is 0 Å². The summed E-state index contributed by atoms with van der Waals surface area (Å²) in [5.74, 6) is 0.771. The number of nitrogens with zero attached hydrogens (tertiary/aromatic N) is 1. The van der Waals surface area contributed by atoms with Gasteiger partial charge < -0.3 is 10.1 Å². The van der Waals surface area contributed by atoms with Crippen molar-refractivity contribution >= 4 is 0 Å². The average Bonchev–Trinajstić information content (AvgIpc) is 2.54. The van der Waals surface area contributed by atoms with E-state index < -0.39 is 0 Å². The molecule has 1 heterocycles. The summed E-state index contributed by atoms with van der Waals surface area (Å²) in [5, 5.41) is 3.67. The second kappa shape index (κ2) is 8.04. The van der Waals surface area contributed by atoms with E-state index in [1.54, 1.807) is 0 Å². The van der Waals surface area contributed by atoms with Crippen molar-refractivity contribution in [3.8, 4) is 0 Å². The molecule has 0 radical (unpaired) electrons. The molecule has 2 atom stereocenters. The zero-order valence-electron chi connectivity index (χ0n) is 11.2. The smallest absolute Gasteiger partial charge is 0.0593 e. The molecule has 0 bridgehead atoms. The number of rotatable bonds is 6. The highest BCUT2D eigenvalue weighted by atomic mass is 16.5. The van der Waals surface area contributed by atoms with Crippen LogP contribution >= 0.6 is 0 Å². The van der Waals surface area contributed by atoms with E-state index in [0.717, 1.165) is 25.7 Å². The topological polar surface area (TPSA) is 24.5 Å². The second-order valence-electron chi connectivity index (χ2n) is 4.80. The van der Waals surface area contributed by atoms with Gasteiger partial charge in [-0.1, -0.05) is 20.3 Å². The Labute approximate surface area is 101 Å². The molecule has 1 fully saturated rings. The minimum atomic E-state index is 0.661. The van der Waals surface area contributed by atoms with Gasteiger partial charge in [0.25, 0.3) is 0 Å². The van der Waals surface area contributed by atoms with Gasteiger partial charge in [-0.2, -0.15) is 0 Å². The van der Waals surface area contributed by atoms with Gasteiger partial charge in [0.15, 0.2) is 0 Å². The Kier molecular flexibility index (Phi) is 7.01. The molecule has 0 aromatic carbocycles. The molecule has 1 aliphatic rings. The lowest BCUT2D eigenvalue weighted by Crippen LogP contribution is -2.42. The van der Waals surface area contributed by atoms with Crippen molar-refractivity contribution < 1.29 is 4.74 Å². The molecule has 0 aromatic rings. The monoisotopic (exact) mass is 228 g/mol. The van der Waals surface area contributed by atoms with Crippen LogP contribution in [0.2, 0.25) is 0 Å². The first-order valence-electron chi connectivity index (χ1n) is 6.81. The Balaban J connectivity index is 2.33. The molecule has 1 aliphatic heterocycles. The normalized spacial score (nSPS) is 25.3. The van der Waals surface area contributed by atoms with Crippen LogP contribution in [-0.2, 0) is 4.74 Å². The third-order valence-electron chi connectivity index (χ3n) is 3.60. The number of hydrogen-bond donors (Lipinski definition) is 1. The Morgan fingerprint density at radius 3 is 2.94 bits per heavy atom. The molecule has 0 aromatic heterocycles. The van der Waals surface area contributed by atoms with Crippen molar-refractivity contribution in [2.45, 2.75) is 39.7 Å². The lowest BCUT2D eigenvalue weighted by molar-refractivity contribution is 0.110. The third-order valence-corrected chi connectivity index (χ3v) is 3.60. The van der Waals surface area contributed by atoms with E-state index in [0.29, 0.717) is 6.04 Å². The minimum Gasteiger partial charge on any atom is -0.380 e. The van der Waals surface area contributed by atoms with Gasteiger partial charge in [-0.3, -0.25) is 4.90 Å². The summed E-state index contributed by atoms with van der Waals surface area (Å²) in [6.45, 7) is 13.1. The van der Waals surface area contributed by atoms with Crippen molar-refractivity contribution in [2.75, 3.05) is 39.4 Å². The molecule has 0 saturated carbocycles. The van der Waals surface area contributed by atoms with Crippen LogP contribution in [0.4, 0.5) is 0 Å². The largest absolute Gasteiger partial charge is 0.380 e. The summed E-state index contributed by atoms with van der Waals surface area (Å²) >= 11 is 0. The van der Waals surface area contributed by atoms with Crippen LogP contribution in [0.1, 0.15) is 33.6 Å². The van der Waals surface area contributed by atoms with Gasteiger partial charge in [-0.05, 0) is 32.4 Å². The third kappa shape index (κ3) is 4.81. The maximum atomic E-state index is 5.44. The summed E-state index contributed by atoms with van der Waals surface area (Å²) in [7, 11) is 0. The maximum absolute atomic E-state index is 5.44. The van der Waals surface area contributed by atoms with E-state index >= 15 is 0 Å². The molecule has 16 heavy (non-hydrogen) atoms. The van der Waals surface area contributed by atoms with E-state index in [9.17, 15) is 0 Å². The Hall–Kier alpha value is -0.120. The van der Waals surface area contributed by atoms with Crippen molar-refractivity contribution in [3.05, 3.63) is 0 Å². The van der Waals surface area contributed by atoms with Gasteiger partial charge in [-0.25, -0.2) is 0 Å². The summed E-state index contributed by atoms with van der Waals surface area (Å²) < 4.78 is 5.44. The molecule has 0 aliphatic carbocycles. The zero-order valence-corrected chi connectivity index (χ0v) is 11.2. The quantitative estimate of drug-likeness (QED) is 0.701. The molecule has 3 nitrogen and oxygen atoms in total. The number of hydrogen-bond acceptors (Lipinski definition) is 3. The minimum absolute atomic E-state index is 0.661. The zero-order chi connectivity index (χ0) is 11.8. The van der Waals surface area contributed by atoms with E-state index in [1.165, 1.54) is 32.5 Å². The summed E-state index contributed by atoms with van der Waals surface area (Å²) in [6, 6.07) is 0.661. The highest BCUT2D eigenvalue weighted by Crippen LogP contribution is 2.12. The molecule has 1 N–H and O–H groups in total. The van der Waals surface area contributed by atoms with Crippen LogP contribution in [0.15, 0.2) is 0 Å². The number of ether oxygens (including phenoxy) is 1. The fourth-order valence-electron chi connectivity index (χ4n) is 2.23. The van der Waals surface area contributed by atoms with Gasteiger partial charge in [0.2, 0.25) is 0 Å². The first kappa shape index (κ1) is 13.9. The van der Waals surface area contributed by atoms with Crippen molar-refractivity contribution in [3.63, 3.8) is 0 Å². The van der Waals surface area contributed by atoms with Gasteiger partial charge in [0.05, 0.1) is 6.61 Å². The molecule has 3 heteroatoms. The van der Waals surface area contributed by atoms with Crippen molar-refractivity contribution in [1.29, 1.82) is 0 Å². The standard InChI is InChI=1S/C13H28N2O/c1-4-12(3)13-11-15(8-6-7-14-13)9-10-16-5-2/h12-14H,4-11H2,1-3H3. The van der Waals surface area contributed by atoms with Gasteiger partial charge in [0, 0.05) is 25.7 Å². The molecule has 0 amide bonds. The molecule has 1 rings (SSSR count). The summed E-state index contributed by atoms with van der Waals surface area (Å²) in [6.07, 6.45) is 2.52. The molecule has 0 spiro atoms. The van der Waals surface area contributed by atoms with E-state index in [1.807, 2.05) is 0 Å². The van der Waals surface area contributed by atoms with E-state index in [-0.39, 0.29) is 0 Å². The summed E-state index contributed by atoms with van der Waals surface area (Å²) in [4.78, 5) is 2.55. The Morgan fingerprint density at radius 2 is 2.25 bits per heavy atom. The highest BCUT2D eigenvalue weighted by molar-refractivity contribution is 4.80. The predicted molar refractivity (Wildman–Crippen MR) is 68.8 cm³/mol. The summed E-state index contributed by atoms with van der Waals surface area (Å²) in [5.41, 5.74) is 0. The lowest BCUT2D eigenvalue weighted by atomic mass is 9.99. The molecule has 2 unspecified atom stereocenters. The fraction of sp³-hybridized carbons (Fsp3) is 1.00. The Bertz CT molecular complexity index is 175. The maximum Gasteiger partial charge on any atom is 0.0593 e. The van der Waals surface area contributed by atoms with Crippen LogP contribution in [-0.4, -0.2) is 50.3 Å². The van der Waals surface area contributed by atoms with E-state index in [4.69, 9.17) is 4.74 Å². The van der Waals surface area contributed by atoms with Crippen LogP contribution < -0.4 is 5.32 Å². The molecular weight excluding hydrogens is 200 g/mol. The average molecular weight is 228 g/mol. The SMILES string of the molecule is CCOCCN1CCCNC(C(C)CC)C1. The fourth-order valence-corrected chi connectivity index (χ4v) is 2.23. The van der Waals surface area contributed by atoms with Crippen LogP contribution in [0, 0.1) is 5.92 Å². The first-order chi connectivity index (χ1) is 7.77. The molecule has 1 saturated heterocycles. The Morgan fingerprint density at radius 1 is 1.44 bits per heavy atom.